The summed E-state index contributed by atoms with van der Waals surface area (Å²) in [5.74, 6) is 0.0552. The van der Waals surface area contributed by atoms with Crippen LogP contribution < -0.4 is 0 Å². The number of rotatable bonds is 2. The summed E-state index contributed by atoms with van der Waals surface area (Å²) in [4.78, 5) is 12.2. The Kier molecular flexibility index (Phi) is 3.36. The molecule has 0 spiro atoms. The number of carbonyl (C=O) groups excluding carboxylic acids is 1. The highest BCUT2D eigenvalue weighted by Crippen LogP contribution is 2.38. The predicted octanol–water partition coefficient (Wildman–Crippen LogP) is 3.19. The summed E-state index contributed by atoms with van der Waals surface area (Å²) in [6.07, 6.45) is 0.848. The van der Waals surface area contributed by atoms with Gasteiger partial charge in [0, 0.05) is 5.56 Å². The van der Waals surface area contributed by atoms with Crippen LogP contribution in [0.3, 0.4) is 0 Å². The van der Waals surface area contributed by atoms with E-state index < -0.39 is 0 Å². The molecule has 0 aliphatic heterocycles. The Morgan fingerprint density at radius 2 is 1.74 bits per heavy atom. The summed E-state index contributed by atoms with van der Waals surface area (Å²) in [5.41, 5.74) is 6.29. The standard InChI is InChI=1S/C17H14O.H2O/c1-11(2)17(18)15-9-5-8-14-13-7-4-3-6-12(13)10-16(14)15;/h3-9H,1,10H2,2H3;1H2. The molecular formula is C17H16O2. The van der Waals surface area contributed by atoms with Crippen LogP contribution in [0.5, 0.6) is 0 Å². The highest BCUT2D eigenvalue weighted by Gasteiger charge is 2.23. The van der Waals surface area contributed by atoms with Crippen LogP contribution in [-0.2, 0) is 6.42 Å². The van der Waals surface area contributed by atoms with Gasteiger partial charge in [0.15, 0.2) is 5.78 Å². The summed E-state index contributed by atoms with van der Waals surface area (Å²) < 4.78 is 0. The number of Topliss-reactive ketones (excluding diaryl/α,β-unsaturated/α-hetero) is 1. The second-order valence-electron chi connectivity index (χ2n) is 4.78. The first-order valence-electron chi connectivity index (χ1n) is 6.09. The third-order valence-corrected chi connectivity index (χ3v) is 3.48. The van der Waals surface area contributed by atoms with Crippen molar-refractivity contribution >= 4 is 5.78 Å². The lowest BCUT2D eigenvalue weighted by atomic mass is 9.96. The van der Waals surface area contributed by atoms with Crippen LogP contribution in [0.25, 0.3) is 11.1 Å². The number of benzene rings is 2. The van der Waals surface area contributed by atoms with Crippen molar-refractivity contribution in [2.75, 3.05) is 0 Å². The average molecular weight is 252 g/mol. The van der Waals surface area contributed by atoms with Crippen LogP contribution in [0, 0.1) is 0 Å². The second-order valence-corrected chi connectivity index (χ2v) is 4.78. The molecule has 0 unspecified atom stereocenters. The third-order valence-electron chi connectivity index (χ3n) is 3.48. The van der Waals surface area contributed by atoms with Crippen LogP contribution in [0.1, 0.15) is 28.4 Å². The van der Waals surface area contributed by atoms with Gasteiger partial charge in [0.05, 0.1) is 0 Å². The fourth-order valence-electron chi connectivity index (χ4n) is 2.60. The van der Waals surface area contributed by atoms with E-state index in [2.05, 4.69) is 24.8 Å². The first kappa shape index (κ1) is 13.2. The molecular weight excluding hydrogens is 236 g/mol. The maximum absolute atomic E-state index is 12.2. The molecule has 2 aromatic carbocycles. The molecule has 19 heavy (non-hydrogen) atoms. The van der Waals surface area contributed by atoms with Gasteiger partial charge in [-0.25, -0.2) is 0 Å². The number of fused-ring (bicyclic) bond motifs is 3. The van der Waals surface area contributed by atoms with E-state index in [9.17, 15) is 4.79 Å². The molecule has 2 N–H and O–H groups in total. The summed E-state index contributed by atoms with van der Waals surface area (Å²) in [6.45, 7) is 5.52. The van der Waals surface area contributed by atoms with E-state index in [4.69, 9.17) is 0 Å². The van der Waals surface area contributed by atoms with Gasteiger partial charge >= 0.3 is 0 Å². The van der Waals surface area contributed by atoms with Crippen molar-refractivity contribution < 1.29 is 10.3 Å². The van der Waals surface area contributed by atoms with E-state index in [1.807, 2.05) is 24.3 Å². The maximum Gasteiger partial charge on any atom is 0.188 e. The van der Waals surface area contributed by atoms with E-state index in [1.54, 1.807) is 6.92 Å². The molecule has 0 radical (unpaired) electrons. The second kappa shape index (κ2) is 4.82. The summed E-state index contributed by atoms with van der Waals surface area (Å²) in [7, 11) is 0. The minimum atomic E-state index is 0. The molecule has 2 aromatic rings. The molecule has 0 amide bonds. The van der Waals surface area contributed by atoms with Gasteiger partial charge in [-0.05, 0) is 41.2 Å². The van der Waals surface area contributed by atoms with Crippen LogP contribution in [-0.4, -0.2) is 11.3 Å². The molecule has 0 heterocycles. The van der Waals surface area contributed by atoms with Crippen molar-refractivity contribution in [3.8, 4) is 11.1 Å². The largest absolute Gasteiger partial charge is 0.412 e. The molecule has 2 heteroatoms. The molecule has 0 fully saturated rings. The van der Waals surface area contributed by atoms with Crippen LogP contribution >= 0.6 is 0 Å². The smallest absolute Gasteiger partial charge is 0.188 e. The zero-order valence-corrected chi connectivity index (χ0v) is 10.9. The van der Waals surface area contributed by atoms with E-state index in [1.165, 1.54) is 16.7 Å². The molecule has 0 aromatic heterocycles. The van der Waals surface area contributed by atoms with Crippen molar-refractivity contribution in [2.45, 2.75) is 13.3 Å². The molecule has 2 nitrogen and oxygen atoms in total. The van der Waals surface area contributed by atoms with Gasteiger partial charge in [-0.15, -0.1) is 0 Å². The fraction of sp³-hybridized carbons (Fsp3) is 0.118. The van der Waals surface area contributed by atoms with Crippen molar-refractivity contribution in [3.63, 3.8) is 0 Å². The summed E-state index contributed by atoms with van der Waals surface area (Å²) in [5, 5.41) is 0. The molecule has 1 aliphatic rings. The zero-order chi connectivity index (χ0) is 12.7. The Hall–Kier alpha value is -2.19. The SMILES string of the molecule is C=C(C)C(=O)c1cccc2c1Cc1ccccc1-2.O. The lowest BCUT2D eigenvalue weighted by molar-refractivity contribution is 0.103. The Morgan fingerprint density at radius 1 is 1.05 bits per heavy atom. The van der Waals surface area contributed by atoms with E-state index in [0.717, 1.165) is 17.5 Å². The number of hydrogen-bond acceptors (Lipinski definition) is 1. The highest BCUT2D eigenvalue weighted by atomic mass is 16.1. The molecule has 0 atom stereocenters. The van der Waals surface area contributed by atoms with Crippen molar-refractivity contribution in [3.05, 3.63) is 71.3 Å². The third kappa shape index (κ3) is 2.00. The van der Waals surface area contributed by atoms with Crippen LogP contribution in [0.4, 0.5) is 0 Å². The maximum atomic E-state index is 12.2. The van der Waals surface area contributed by atoms with Gasteiger partial charge in [0.2, 0.25) is 0 Å². The lowest BCUT2D eigenvalue weighted by Crippen LogP contribution is -2.03. The highest BCUT2D eigenvalue weighted by molar-refractivity contribution is 6.10. The minimum Gasteiger partial charge on any atom is -0.412 e. The molecule has 3 rings (SSSR count). The van der Waals surface area contributed by atoms with Crippen molar-refractivity contribution in [1.29, 1.82) is 0 Å². The van der Waals surface area contributed by atoms with Gasteiger partial charge in [-0.1, -0.05) is 49.0 Å². The van der Waals surface area contributed by atoms with Crippen LogP contribution in [0.15, 0.2) is 54.6 Å². The van der Waals surface area contributed by atoms with Gasteiger partial charge in [0.1, 0.15) is 0 Å². The average Bonchev–Trinajstić information content (AvgIpc) is 2.76. The monoisotopic (exact) mass is 252 g/mol. The summed E-state index contributed by atoms with van der Waals surface area (Å²) >= 11 is 0. The van der Waals surface area contributed by atoms with Gasteiger partial charge in [-0.2, -0.15) is 0 Å². The summed E-state index contributed by atoms with van der Waals surface area (Å²) in [6, 6.07) is 14.3. The Bertz CT molecular complexity index is 669. The molecule has 0 bridgehead atoms. The zero-order valence-electron chi connectivity index (χ0n) is 10.9. The number of allylic oxidation sites excluding steroid dienone is 1. The number of carbonyl (C=O) groups is 1. The Morgan fingerprint density at radius 3 is 2.47 bits per heavy atom. The lowest BCUT2D eigenvalue weighted by Gasteiger charge is -2.07. The van der Waals surface area contributed by atoms with Crippen molar-refractivity contribution in [2.24, 2.45) is 0 Å². The number of hydrogen-bond donors (Lipinski definition) is 0. The van der Waals surface area contributed by atoms with Crippen LogP contribution in [0.2, 0.25) is 0 Å². The number of ketones is 1. The van der Waals surface area contributed by atoms with Gasteiger partial charge in [-0.3, -0.25) is 4.79 Å². The fourth-order valence-corrected chi connectivity index (χ4v) is 2.60. The topological polar surface area (TPSA) is 48.6 Å². The molecule has 0 saturated heterocycles. The first-order chi connectivity index (χ1) is 8.68. The molecule has 1 aliphatic carbocycles. The minimum absolute atomic E-state index is 0. The normalized spacial score (nSPS) is 11.2. The predicted molar refractivity (Wildman–Crippen MR) is 77.4 cm³/mol. The Labute approximate surface area is 112 Å². The molecule has 96 valence electrons. The van der Waals surface area contributed by atoms with E-state index in [-0.39, 0.29) is 11.3 Å². The quantitative estimate of drug-likeness (QED) is 0.510. The van der Waals surface area contributed by atoms with Crippen molar-refractivity contribution in [1.82, 2.24) is 0 Å². The Balaban J connectivity index is 0.00000133. The van der Waals surface area contributed by atoms with E-state index in [0.29, 0.717) is 5.57 Å². The van der Waals surface area contributed by atoms with Gasteiger partial charge < -0.3 is 5.48 Å². The molecule has 0 saturated carbocycles. The first-order valence-corrected chi connectivity index (χ1v) is 6.09. The van der Waals surface area contributed by atoms with Gasteiger partial charge in [0.25, 0.3) is 0 Å². The van der Waals surface area contributed by atoms with E-state index >= 15 is 0 Å².